The van der Waals surface area contributed by atoms with E-state index in [9.17, 15) is 13.6 Å². The number of ether oxygens (including phenoxy) is 1. The van der Waals surface area contributed by atoms with E-state index in [1.165, 1.54) is 0 Å². The minimum Gasteiger partial charge on any atom is -0.378 e. The van der Waals surface area contributed by atoms with Crippen molar-refractivity contribution in [3.8, 4) is 22.4 Å². The Hall–Kier alpha value is -4.52. The summed E-state index contributed by atoms with van der Waals surface area (Å²) < 4.78 is 35.5. The Balaban J connectivity index is 1.10. The van der Waals surface area contributed by atoms with Gasteiger partial charge in [0.2, 0.25) is 0 Å². The highest BCUT2D eigenvalue weighted by atomic mass is 19.3. The van der Waals surface area contributed by atoms with Crippen LogP contribution in [0.2, 0.25) is 0 Å². The molecule has 0 atom stereocenters. The Bertz CT molecular complexity index is 1600. The number of piperidine rings is 1. The summed E-state index contributed by atoms with van der Waals surface area (Å²) in [6.07, 6.45) is 9.12. The number of carbonyl (C=O) groups excluding carboxylic acids is 1. The number of hydrogen-bond acceptors (Lipinski definition) is 7. The molecule has 1 aromatic carbocycles. The highest BCUT2D eigenvalue weighted by molar-refractivity contribution is 5.74. The van der Waals surface area contributed by atoms with Crippen molar-refractivity contribution in [2.24, 2.45) is 0 Å². The van der Waals surface area contributed by atoms with Crippen LogP contribution in [-0.4, -0.2) is 92.1 Å². The first kappa shape index (κ1) is 28.6. The number of nitrogens with one attached hydrogen (secondary N) is 2. The quantitative estimate of drug-likeness (QED) is 0.312. The molecular weight excluding hydrogens is 556 g/mol. The average Bonchev–Trinajstić information content (AvgIpc) is 3.68. The molecule has 0 unspecified atom stereocenters. The number of halogens is 2. The van der Waals surface area contributed by atoms with E-state index >= 15 is 0 Å². The molecule has 0 spiro atoms. The van der Waals surface area contributed by atoms with Crippen molar-refractivity contribution < 1.29 is 18.3 Å². The fourth-order valence-electron chi connectivity index (χ4n) is 5.43. The van der Waals surface area contributed by atoms with E-state index in [4.69, 9.17) is 4.74 Å². The lowest BCUT2D eigenvalue weighted by Gasteiger charge is -2.37. The minimum atomic E-state index is -2.84. The maximum atomic E-state index is 13.2. The molecule has 4 aromatic rings. The number of likely N-dealkylation sites (tertiary alicyclic amines) is 1. The summed E-state index contributed by atoms with van der Waals surface area (Å²) in [6.45, 7) is 8.04. The molecule has 0 radical (unpaired) electrons. The molecule has 13 heteroatoms. The summed E-state index contributed by atoms with van der Waals surface area (Å²) in [5.41, 5.74) is 4.88. The van der Waals surface area contributed by atoms with E-state index in [-0.39, 0.29) is 17.9 Å². The van der Waals surface area contributed by atoms with Crippen molar-refractivity contribution in [3.63, 3.8) is 0 Å². The molecule has 2 aliphatic heterocycles. The number of anilines is 1. The Morgan fingerprint density at radius 3 is 2.53 bits per heavy atom. The maximum Gasteiger partial charge on any atom is 0.320 e. The van der Waals surface area contributed by atoms with E-state index in [2.05, 4.69) is 32.4 Å². The molecule has 43 heavy (non-hydrogen) atoms. The molecule has 11 nitrogen and oxygen atoms in total. The molecule has 2 amide bonds. The van der Waals surface area contributed by atoms with Gasteiger partial charge in [0.25, 0.3) is 5.92 Å². The first-order valence-corrected chi connectivity index (χ1v) is 14.4. The van der Waals surface area contributed by atoms with Crippen molar-refractivity contribution >= 4 is 17.4 Å². The number of alkyl halides is 2. The van der Waals surface area contributed by atoms with Gasteiger partial charge in [0.1, 0.15) is 0 Å². The van der Waals surface area contributed by atoms with Gasteiger partial charge in [-0.25, -0.2) is 23.1 Å². The normalized spacial score (nSPS) is 16.4. The van der Waals surface area contributed by atoms with Gasteiger partial charge in [-0.2, -0.15) is 10.2 Å². The molecule has 5 heterocycles. The second-order valence-electron chi connectivity index (χ2n) is 11.1. The number of rotatable bonds is 8. The predicted molar refractivity (Wildman–Crippen MR) is 159 cm³/mol. The van der Waals surface area contributed by atoms with Crippen LogP contribution in [0.4, 0.5) is 19.3 Å². The van der Waals surface area contributed by atoms with Crippen LogP contribution in [0.1, 0.15) is 25.8 Å². The van der Waals surface area contributed by atoms with Gasteiger partial charge in [-0.15, -0.1) is 0 Å². The van der Waals surface area contributed by atoms with Gasteiger partial charge in [-0.1, -0.05) is 18.7 Å². The Morgan fingerprint density at radius 1 is 1.02 bits per heavy atom. The maximum absolute atomic E-state index is 13.2. The van der Waals surface area contributed by atoms with Gasteiger partial charge < -0.3 is 25.2 Å². The zero-order valence-corrected chi connectivity index (χ0v) is 24.0. The Labute approximate surface area is 248 Å². The summed E-state index contributed by atoms with van der Waals surface area (Å²) in [5.74, 6) is -2.55. The fourth-order valence-corrected chi connectivity index (χ4v) is 5.43. The van der Waals surface area contributed by atoms with Crippen LogP contribution in [-0.2, 0) is 4.74 Å². The van der Waals surface area contributed by atoms with E-state index in [0.29, 0.717) is 50.7 Å². The van der Waals surface area contributed by atoms with Gasteiger partial charge in [0, 0.05) is 61.7 Å². The molecule has 3 aromatic heterocycles. The molecule has 2 aliphatic rings. The van der Waals surface area contributed by atoms with E-state index in [1.807, 2.05) is 57.2 Å². The van der Waals surface area contributed by atoms with Crippen LogP contribution < -0.4 is 10.6 Å². The number of carbonyl (C=O) groups is 1. The number of amides is 2. The van der Waals surface area contributed by atoms with Crippen LogP contribution in [0, 0.1) is 0 Å². The summed E-state index contributed by atoms with van der Waals surface area (Å²) in [5, 5.41) is 14.9. The topological polar surface area (TPSA) is 105 Å². The van der Waals surface area contributed by atoms with Crippen LogP contribution in [0.5, 0.6) is 0 Å². The lowest BCUT2D eigenvalue weighted by Crippen LogP contribution is -2.50. The molecule has 0 saturated carbocycles. The fraction of sp³-hybridized carbons (Fsp3) is 0.400. The van der Waals surface area contributed by atoms with Gasteiger partial charge in [0.05, 0.1) is 55.9 Å². The third kappa shape index (κ3) is 6.61. The van der Waals surface area contributed by atoms with Gasteiger partial charge >= 0.3 is 6.03 Å². The van der Waals surface area contributed by atoms with Crippen molar-refractivity contribution in [3.05, 3.63) is 67.5 Å². The first-order valence-electron chi connectivity index (χ1n) is 14.4. The number of aromatic nitrogens is 5. The second kappa shape index (κ2) is 12.0. The van der Waals surface area contributed by atoms with E-state index in [1.54, 1.807) is 16.9 Å². The van der Waals surface area contributed by atoms with E-state index in [0.717, 1.165) is 42.1 Å². The van der Waals surface area contributed by atoms with Crippen LogP contribution in [0.3, 0.4) is 0 Å². The minimum absolute atomic E-state index is 0.103. The third-order valence-corrected chi connectivity index (χ3v) is 7.75. The number of urea groups is 1. The zero-order valence-electron chi connectivity index (χ0n) is 24.0. The smallest absolute Gasteiger partial charge is 0.320 e. The Morgan fingerprint density at radius 2 is 1.77 bits per heavy atom. The Kier molecular flexibility index (Phi) is 7.98. The van der Waals surface area contributed by atoms with Crippen LogP contribution in [0.15, 0.2) is 67.5 Å². The van der Waals surface area contributed by atoms with Gasteiger partial charge in [-0.3, -0.25) is 4.68 Å². The molecule has 0 bridgehead atoms. The SMILES string of the molecule is C=C(NCC(C)(F)F)Nc1cccc(-c2cnc3cc(-c4cnn(C5CCN(C(=O)N6CCOCC6)CC5)c4)cnn23)c1. The number of nitrogens with zero attached hydrogens (tertiary/aromatic N) is 7. The molecule has 2 saturated heterocycles. The first-order chi connectivity index (χ1) is 20.7. The van der Waals surface area contributed by atoms with Gasteiger partial charge in [0.15, 0.2) is 5.65 Å². The third-order valence-electron chi connectivity index (χ3n) is 7.75. The number of fused-ring (bicyclic) bond motifs is 1. The summed E-state index contributed by atoms with van der Waals surface area (Å²) in [6, 6.07) is 9.82. The highest BCUT2D eigenvalue weighted by Crippen LogP contribution is 2.28. The highest BCUT2D eigenvalue weighted by Gasteiger charge is 2.28. The zero-order chi connectivity index (χ0) is 30.0. The largest absolute Gasteiger partial charge is 0.378 e. The molecule has 2 fully saturated rings. The number of imidazole rings is 1. The number of benzene rings is 1. The lowest BCUT2D eigenvalue weighted by atomic mass is 10.1. The van der Waals surface area contributed by atoms with Crippen LogP contribution in [0.25, 0.3) is 28.0 Å². The second-order valence-corrected chi connectivity index (χ2v) is 11.1. The molecular formula is C30H35F2N9O2. The number of morpholine rings is 1. The van der Waals surface area contributed by atoms with Crippen molar-refractivity contribution in [2.45, 2.75) is 31.7 Å². The summed E-state index contributed by atoms with van der Waals surface area (Å²) >= 11 is 0. The molecule has 2 N–H and O–H groups in total. The molecule has 0 aliphatic carbocycles. The molecule has 226 valence electrons. The lowest BCUT2D eigenvalue weighted by molar-refractivity contribution is 0.0253. The molecule has 6 rings (SSSR count). The average molecular weight is 592 g/mol. The van der Waals surface area contributed by atoms with Crippen LogP contribution >= 0.6 is 0 Å². The number of hydrogen-bond donors (Lipinski definition) is 2. The summed E-state index contributed by atoms with van der Waals surface area (Å²) in [7, 11) is 0. The predicted octanol–water partition coefficient (Wildman–Crippen LogP) is 4.48. The van der Waals surface area contributed by atoms with Gasteiger partial charge in [-0.05, 0) is 31.0 Å². The summed E-state index contributed by atoms with van der Waals surface area (Å²) in [4.78, 5) is 21.2. The monoisotopic (exact) mass is 591 g/mol. The standard InChI is InChI=1S/C30H35F2N9O2/c1-21(34-20-30(2,31)32)37-25-5-3-4-22(14-25)27-18-33-28-15-23(16-36-41(27)28)24-17-35-40(19-24)26-6-8-38(9-7-26)29(42)39-10-12-43-13-11-39/h3-5,14-19,26,34,37H,1,6-13,20H2,2H3. The van der Waals surface area contributed by atoms with Crippen molar-refractivity contribution in [2.75, 3.05) is 51.3 Å². The van der Waals surface area contributed by atoms with E-state index < -0.39 is 12.5 Å². The van der Waals surface area contributed by atoms with Crippen molar-refractivity contribution in [1.82, 2.24) is 39.5 Å². The van der Waals surface area contributed by atoms with Crippen molar-refractivity contribution in [1.29, 1.82) is 0 Å².